The standard InChI is InChI=1S/C16H25NS/c1-11(2)17-10-15(16-4-3-7-18-16)14-9-12-5-6-13(14)8-12/h3-4,7,11-15,17H,5-6,8-10H2,1-2H3. The highest BCUT2D eigenvalue weighted by Crippen LogP contribution is 2.53. The van der Waals surface area contributed by atoms with Crippen LogP contribution in [0.1, 0.15) is 50.3 Å². The summed E-state index contributed by atoms with van der Waals surface area (Å²) in [6.07, 6.45) is 6.02. The Bertz CT molecular complexity index is 370. The molecule has 1 aromatic heterocycles. The topological polar surface area (TPSA) is 12.0 Å². The van der Waals surface area contributed by atoms with E-state index in [2.05, 4.69) is 36.7 Å². The second-order valence-corrected chi connectivity index (χ2v) is 7.50. The number of rotatable bonds is 5. The zero-order chi connectivity index (χ0) is 12.5. The van der Waals surface area contributed by atoms with Crippen LogP contribution in [0.2, 0.25) is 0 Å². The SMILES string of the molecule is CC(C)NCC(c1cccs1)C1CC2CCC1C2. The van der Waals surface area contributed by atoms with Crippen LogP contribution >= 0.6 is 11.3 Å². The molecular weight excluding hydrogens is 238 g/mol. The van der Waals surface area contributed by atoms with Crippen molar-refractivity contribution in [3.63, 3.8) is 0 Å². The van der Waals surface area contributed by atoms with Crippen molar-refractivity contribution in [2.45, 2.75) is 51.5 Å². The molecule has 100 valence electrons. The predicted molar refractivity (Wildman–Crippen MR) is 79.1 cm³/mol. The molecule has 2 bridgehead atoms. The molecule has 2 aliphatic carbocycles. The Kier molecular flexibility index (Phi) is 3.76. The molecule has 2 fully saturated rings. The summed E-state index contributed by atoms with van der Waals surface area (Å²) in [5.41, 5.74) is 0. The molecule has 1 N–H and O–H groups in total. The summed E-state index contributed by atoms with van der Waals surface area (Å²) in [4.78, 5) is 1.61. The molecule has 1 aromatic rings. The number of thiophene rings is 1. The summed E-state index contributed by atoms with van der Waals surface area (Å²) in [5.74, 6) is 3.80. The molecule has 0 saturated heterocycles. The maximum absolute atomic E-state index is 3.68. The minimum Gasteiger partial charge on any atom is -0.314 e. The lowest BCUT2D eigenvalue weighted by molar-refractivity contribution is 0.274. The Labute approximate surface area is 115 Å². The lowest BCUT2D eigenvalue weighted by Crippen LogP contribution is -2.32. The highest BCUT2D eigenvalue weighted by molar-refractivity contribution is 7.10. The van der Waals surface area contributed by atoms with Gasteiger partial charge in [-0.3, -0.25) is 0 Å². The molecule has 2 aliphatic rings. The Morgan fingerprint density at radius 1 is 1.33 bits per heavy atom. The van der Waals surface area contributed by atoms with E-state index in [-0.39, 0.29) is 0 Å². The van der Waals surface area contributed by atoms with Gasteiger partial charge in [-0.05, 0) is 48.5 Å². The summed E-state index contributed by atoms with van der Waals surface area (Å²) in [5, 5.41) is 5.92. The van der Waals surface area contributed by atoms with Crippen molar-refractivity contribution in [1.82, 2.24) is 5.32 Å². The van der Waals surface area contributed by atoms with E-state index < -0.39 is 0 Å². The molecule has 1 nitrogen and oxygen atoms in total. The van der Waals surface area contributed by atoms with E-state index in [0.29, 0.717) is 6.04 Å². The van der Waals surface area contributed by atoms with Crippen LogP contribution in [-0.2, 0) is 0 Å². The molecule has 0 radical (unpaired) electrons. The van der Waals surface area contributed by atoms with Crippen molar-refractivity contribution in [2.75, 3.05) is 6.54 Å². The molecule has 2 saturated carbocycles. The van der Waals surface area contributed by atoms with Gasteiger partial charge < -0.3 is 5.32 Å². The molecule has 4 atom stereocenters. The maximum atomic E-state index is 3.68. The van der Waals surface area contributed by atoms with Crippen molar-refractivity contribution in [2.24, 2.45) is 17.8 Å². The summed E-state index contributed by atoms with van der Waals surface area (Å²) >= 11 is 1.96. The van der Waals surface area contributed by atoms with E-state index in [1.165, 1.54) is 32.2 Å². The van der Waals surface area contributed by atoms with Crippen molar-refractivity contribution in [3.05, 3.63) is 22.4 Å². The van der Waals surface area contributed by atoms with Gasteiger partial charge >= 0.3 is 0 Å². The van der Waals surface area contributed by atoms with Gasteiger partial charge in [-0.15, -0.1) is 11.3 Å². The summed E-state index contributed by atoms with van der Waals surface area (Å²) < 4.78 is 0. The molecule has 0 aromatic carbocycles. The Balaban J connectivity index is 1.73. The second kappa shape index (κ2) is 5.34. The average Bonchev–Trinajstić information content (AvgIpc) is 3.06. The molecule has 0 spiro atoms. The fraction of sp³-hybridized carbons (Fsp3) is 0.750. The van der Waals surface area contributed by atoms with Gasteiger partial charge in [0.25, 0.3) is 0 Å². The van der Waals surface area contributed by atoms with E-state index in [0.717, 1.165) is 23.7 Å². The van der Waals surface area contributed by atoms with Crippen LogP contribution in [0.25, 0.3) is 0 Å². The highest BCUT2D eigenvalue weighted by Gasteiger charge is 2.43. The van der Waals surface area contributed by atoms with E-state index in [9.17, 15) is 0 Å². The number of hydrogen-bond acceptors (Lipinski definition) is 2. The second-order valence-electron chi connectivity index (χ2n) is 6.52. The van der Waals surface area contributed by atoms with Gasteiger partial charge in [0, 0.05) is 23.4 Å². The van der Waals surface area contributed by atoms with E-state index in [4.69, 9.17) is 0 Å². The monoisotopic (exact) mass is 263 g/mol. The molecule has 0 amide bonds. The van der Waals surface area contributed by atoms with Gasteiger partial charge in [0.2, 0.25) is 0 Å². The third-order valence-electron chi connectivity index (χ3n) is 4.96. The van der Waals surface area contributed by atoms with E-state index >= 15 is 0 Å². The molecular formula is C16H25NS. The van der Waals surface area contributed by atoms with Crippen LogP contribution in [-0.4, -0.2) is 12.6 Å². The Morgan fingerprint density at radius 3 is 2.78 bits per heavy atom. The van der Waals surface area contributed by atoms with Crippen LogP contribution < -0.4 is 5.32 Å². The van der Waals surface area contributed by atoms with Crippen LogP contribution in [0.5, 0.6) is 0 Å². The number of fused-ring (bicyclic) bond motifs is 2. The fourth-order valence-electron chi connectivity index (χ4n) is 4.11. The molecule has 1 heterocycles. The summed E-state index contributed by atoms with van der Waals surface area (Å²) in [6.45, 7) is 5.69. The van der Waals surface area contributed by atoms with Crippen LogP contribution in [0.3, 0.4) is 0 Å². The van der Waals surface area contributed by atoms with Gasteiger partial charge in [0.1, 0.15) is 0 Å². The van der Waals surface area contributed by atoms with Crippen LogP contribution in [0.15, 0.2) is 17.5 Å². The van der Waals surface area contributed by atoms with Crippen LogP contribution in [0.4, 0.5) is 0 Å². The first-order chi connectivity index (χ1) is 8.74. The van der Waals surface area contributed by atoms with Crippen molar-refractivity contribution in [3.8, 4) is 0 Å². The minimum absolute atomic E-state index is 0.603. The summed E-state index contributed by atoms with van der Waals surface area (Å²) in [6, 6.07) is 5.17. The zero-order valence-corrected chi connectivity index (χ0v) is 12.4. The fourth-order valence-corrected chi connectivity index (χ4v) is 5.02. The van der Waals surface area contributed by atoms with Gasteiger partial charge in [0.15, 0.2) is 0 Å². The first kappa shape index (κ1) is 12.7. The quantitative estimate of drug-likeness (QED) is 0.836. The minimum atomic E-state index is 0.603. The molecule has 2 heteroatoms. The third-order valence-corrected chi connectivity index (χ3v) is 5.97. The van der Waals surface area contributed by atoms with E-state index in [1.54, 1.807) is 4.88 Å². The lowest BCUT2D eigenvalue weighted by atomic mass is 9.78. The summed E-state index contributed by atoms with van der Waals surface area (Å²) in [7, 11) is 0. The molecule has 4 unspecified atom stereocenters. The number of hydrogen-bond donors (Lipinski definition) is 1. The molecule has 3 rings (SSSR count). The van der Waals surface area contributed by atoms with Gasteiger partial charge in [-0.1, -0.05) is 26.3 Å². The van der Waals surface area contributed by atoms with Crippen molar-refractivity contribution < 1.29 is 0 Å². The Morgan fingerprint density at radius 2 is 2.22 bits per heavy atom. The first-order valence-corrected chi connectivity index (χ1v) is 8.38. The largest absolute Gasteiger partial charge is 0.314 e. The smallest absolute Gasteiger partial charge is 0.00917 e. The van der Waals surface area contributed by atoms with Gasteiger partial charge in [-0.25, -0.2) is 0 Å². The van der Waals surface area contributed by atoms with Gasteiger partial charge in [0.05, 0.1) is 0 Å². The number of nitrogens with one attached hydrogen (secondary N) is 1. The molecule has 18 heavy (non-hydrogen) atoms. The third kappa shape index (κ3) is 2.50. The van der Waals surface area contributed by atoms with Crippen molar-refractivity contribution in [1.29, 1.82) is 0 Å². The van der Waals surface area contributed by atoms with Crippen LogP contribution in [0, 0.1) is 17.8 Å². The lowest BCUT2D eigenvalue weighted by Gasteiger charge is -2.31. The van der Waals surface area contributed by atoms with Gasteiger partial charge in [-0.2, -0.15) is 0 Å². The molecule has 0 aliphatic heterocycles. The first-order valence-electron chi connectivity index (χ1n) is 7.51. The zero-order valence-electron chi connectivity index (χ0n) is 11.6. The predicted octanol–water partition coefficient (Wildman–Crippen LogP) is 4.27. The normalized spacial score (nSPS) is 32.3. The maximum Gasteiger partial charge on any atom is 0.00917 e. The van der Waals surface area contributed by atoms with E-state index in [1.807, 2.05) is 11.3 Å². The Hall–Kier alpha value is -0.340. The average molecular weight is 263 g/mol. The van der Waals surface area contributed by atoms with Crippen molar-refractivity contribution >= 4 is 11.3 Å². The highest BCUT2D eigenvalue weighted by atomic mass is 32.1.